The molecule has 0 radical (unpaired) electrons. The summed E-state index contributed by atoms with van der Waals surface area (Å²) in [5.74, 6) is -0.891. The molecule has 0 aliphatic rings. The second-order valence-electron chi connectivity index (χ2n) is 5.56. The summed E-state index contributed by atoms with van der Waals surface area (Å²) >= 11 is 0. The summed E-state index contributed by atoms with van der Waals surface area (Å²) in [6.07, 6.45) is 8.97. The number of carbonyl (C=O) groups is 1. The van der Waals surface area contributed by atoms with Crippen molar-refractivity contribution in [2.24, 2.45) is 0 Å². The van der Waals surface area contributed by atoms with E-state index in [2.05, 4.69) is 6.92 Å². The molecule has 0 aromatic heterocycles. The lowest BCUT2D eigenvalue weighted by Crippen LogP contribution is -2.03. The molecule has 0 saturated heterocycles. The van der Waals surface area contributed by atoms with E-state index in [1.54, 1.807) is 12.1 Å². The second kappa shape index (κ2) is 10.4. The third kappa shape index (κ3) is 7.28. The van der Waals surface area contributed by atoms with Gasteiger partial charge in [-0.1, -0.05) is 57.6 Å². The number of hydrogen-bond acceptors (Lipinski definition) is 2. The van der Waals surface area contributed by atoms with E-state index >= 15 is 0 Å². The molecule has 1 unspecified atom stereocenters. The Labute approximate surface area is 128 Å². The van der Waals surface area contributed by atoms with E-state index in [0.29, 0.717) is 5.56 Å². The van der Waals surface area contributed by atoms with Crippen LogP contribution in [0.5, 0.6) is 0 Å². The van der Waals surface area contributed by atoms with Gasteiger partial charge in [-0.3, -0.25) is 0 Å². The van der Waals surface area contributed by atoms with Crippen molar-refractivity contribution in [3.63, 3.8) is 0 Å². The maximum atomic E-state index is 10.8. The first kappa shape index (κ1) is 17.7. The molecule has 0 spiro atoms. The van der Waals surface area contributed by atoms with E-state index in [9.17, 15) is 4.79 Å². The average Bonchev–Trinajstić information content (AvgIpc) is 2.49. The molecule has 0 heterocycles. The van der Waals surface area contributed by atoms with Gasteiger partial charge in [0.15, 0.2) is 0 Å². The van der Waals surface area contributed by atoms with Gasteiger partial charge in [-0.05, 0) is 31.0 Å². The number of ether oxygens (including phenoxy) is 1. The Morgan fingerprint density at radius 3 is 2.19 bits per heavy atom. The van der Waals surface area contributed by atoms with Gasteiger partial charge in [0.25, 0.3) is 0 Å². The lowest BCUT2D eigenvalue weighted by Gasteiger charge is -2.13. The number of carboxylic acid groups (broad SMARTS) is 1. The molecule has 0 saturated carbocycles. The van der Waals surface area contributed by atoms with Gasteiger partial charge in [-0.25, -0.2) is 4.79 Å². The van der Waals surface area contributed by atoms with E-state index < -0.39 is 5.97 Å². The van der Waals surface area contributed by atoms with Gasteiger partial charge >= 0.3 is 5.97 Å². The predicted molar refractivity (Wildman–Crippen MR) is 85.8 cm³/mol. The van der Waals surface area contributed by atoms with Crippen molar-refractivity contribution >= 4 is 5.97 Å². The number of carboxylic acids is 1. The fourth-order valence-electron chi connectivity index (χ4n) is 2.31. The lowest BCUT2D eigenvalue weighted by atomic mass is 10.1. The van der Waals surface area contributed by atoms with Crippen molar-refractivity contribution in [1.82, 2.24) is 0 Å². The Hall–Kier alpha value is -1.35. The van der Waals surface area contributed by atoms with Crippen LogP contribution in [0.1, 0.15) is 80.8 Å². The summed E-state index contributed by atoms with van der Waals surface area (Å²) in [5, 5.41) is 8.86. The number of rotatable bonds is 11. The lowest BCUT2D eigenvalue weighted by molar-refractivity contribution is 0.0625. The van der Waals surface area contributed by atoms with Crippen LogP contribution in [0.2, 0.25) is 0 Å². The highest BCUT2D eigenvalue weighted by molar-refractivity contribution is 5.87. The Kier molecular flexibility index (Phi) is 8.76. The van der Waals surface area contributed by atoms with E-state index in [1.807, 2.05) is 19.1 Å². The molecule has 118 valence electrons. The Morgan fingerprint density at radius 1 is 1.05 bits per heavy atom. The molecule has 0 aliphatic heterocycles. The maximum Gasteiger partial charge on any atom is 0.335 e. The van der Waals surface area contributed by atoms with Crippen LogP contribution >= 0.6 is 0 Å². The van der Waals surface area contributed by atoms with Crippen molar-refractivity contribution in [3.8, 4) is 0 Å². The minimum atomic E-state index is -0.891. The number of unbranched alkanes of at least 4 members (excludes halogenated alkanes) is 6. The maximum absolute atomic E-state index is 10.8. The smallest absolute Gasteiger partial charge is 0.335 e. The first-order chi connectivity index (χ1) is 10.1. The van der Waals surface area contributed by atoms with Gasteiger partial charge in [-0.2, -0.15) is 0 Å². The van der Waals surface area contributed by atoms with Crippen molar-refractivity contribution < 1.29 is 14.6 Å². The first-order valence-electron chi connectivity index (χ1n) is 8.10. The van der Waals surface area contributed by atoms with Gasteiger partial charge < -0.3 is 9.84 Å². The molecule has 3 heteroatoms. The van der Waals surface area contributed by atoms with Crippen molar-refractivity contribution in [1.29, 1.82) is 0 Å². The molecule has 1 aromatic rings. The zero-order valence-electron chi connectivity index (χ0n) is 13.3. The number of benzene rings is 1. The molecule has 0 fully saturated rings. The van der Waals surface area contributed by atoms with Gasteiger partial charge in [0.05, 0.1) is 11.7 Å². The van der Waals surface area contributed by atoms with E-state index in [4.69, 9.17) is 9.84 Å². The van der Waals surface area contributed by atoms with E-state index in [0.717, 1.165) is 18.6 Å². The third-order valence-corrected chi connectivity index (χ3v) is 3.74. The predicted octanol–water partition coefficient (Wildman–Crippen LogP) is 5.21. The Morgan fingerprint density at radius 2 is 1.62 bits per heavy atom. The van der Waals surface area contributed by atoms with Gasteiger partial charge in [0.2, 0.25) is 0 Å². The normalized spacial score (nSPS) is 12.3. The molecule has 1 rings (SSSR count). The van der Waals surface area contributed by atoms with Crippen LogP contribution in [0.3, 0.4) is 0 Å². The van der Waals surface area contributed by atoms with Crippen molar-refractivity contribution in [2.45, 2.75) is 64.9 Å². The summed E-state index contributed by atoms with van der Waals surface area (Å²) < 4.78 is 5.81. The van der Waals surface area contributed by atoms with Gasteiger partial charge in [0.1, 0.15) is 0 Å². The summed E-state index contributed by atoms with van der Waals surface area (Å²) in [7, 11) is 0. The van der Waals surface area contributed by atoms with Gasteiger partial charge in [0, 0.05) is 6.61 Å². The zero-order valence-corrected chi connectivity index (χ0v) is 13.3. The van der Waals surface area contributed by atoms with Gasteiger partial charge in [-0.15, -0.1) is 0 Å². The van der Waals surface area contributed by atoms with Crippen LogP contribution in [0.15, 0.2) is 24.3 Å². The molecule has 0 aliphatic carbocycles. The number of hydrogen-bond donors (Lipinski definition) is 1. The molecule has 1 aromatic carbocycles. The van der Waals surface area contributed by atoms with Crippen molar-refractivity contribution in [2.75, 3.05) is 6.61 Å². The van der Waals surface area contributed by atoms with Crippen LogP contribution in [-0.4, -0.2) is 17.7 Å². The minimum absolute atomic E-state index is 0.0212. The molecular formula is C18H28O3. The van der Waals surface area contributed by atoms with E-state index in [-0.39, 0.29) is 6.10 Å². The first-order valence-corrected chi connectivity index (χ1v) is 8.10. The summed E-state index contributed by atoms with van der Waals surface area (Å²) in [4.78, 5) is 10.8. The minimum Gasteiger partial charge on any atom is -0.478 e. The Balaban J connectivity index is 2.15. The SMILES string of the molecule is CCCCCCCCCOC(C)c1ccc(C(=O)O)cc1. The van der Waals surface area contributed by atoms with Crippen LogP contribution < -0.4 is 0 Å². The topological polar surface area (TPSA) is 46.5 Å². The third-order valence-electron chi connectivity index (χ3n) is 3.74. The molecule has 1 N–H and O–H groups in total. The standard InChI is InChI=1S/C18H28O3/c1-3-4-5-6-7-8-9-14-21-15(2)16-10-12-17(13-11-16)18(19)20/h10-13,15H,3-9,14H2,1-2H3,(H,19,20). The van der Waals surface area contributed by atoms with Crippen LogP contribution in [0, 0.1) is 0 Å². The van der Waals surface area contributed by atoms with Crippen LogP contribution in [0.4, 0.5) is 0 Å². The van der Waals surface area contributed by atoms with Crippen molar-refractivity contribution in [3.05, 3.63) is 35.4 Å². The monoisotopic (exact) mass is 292 g/mol. The highest BCUT2D eigenvalue weighted by Gasteiger charge is 2.07. The Bertz CT molecular complexity index is 397. The summed E-state index contributed by atoms with van der Waals surface area (Å²) in [5.41, 5.74) is 1.35. The molecule has 0 bridgehead atoms. The number of aromatic carboxylic acids is 1. The summed E-state index contributed by atoms with van der Waals surface area (Å²) in [6.45, 7) is 5.02. The molecular weight excluding hydrogens is 264 g/mol. The molecule has 0 amide bonds. The highest BCUT2D eigenvalue weighted by atomic mass is 16.5. The van der Waals surface area contributed by atoms with Crippen LogP contribution in [-0.2, 0) is 4.74 Å². The largest absolute Gasteiger partial charge is 0.478 e. The van der Waals surface area contributed by atoms with E-state index in [1.165, 1.54) is 38.5 Å². The average molecular weight is 292 g/mol. The molecule has 21 heavy (non-hydrogen) atoms. The highest BCUT2D eigenvalue weighted by Crippen LogP contribution is 2.18. The molecule has 3 nitrogen and oxygen atoms in total. The fourth-order valence-corrected chi connectivity index (χ4v) is 2.31. The second-order valence-corrected chi connectivity index (χ2v) is 5.56. The molecule has 1 atom stereocenters. The van der Waals surface area contributed by atoms with Crippen LogP contribution in [0.25, 0.3) is 0 Å². The summed E-state index contributed by atoms with van der Waals surface area (Å²) in [6, 6.07) is 6.92. The zero-order chi connectivity index (χ0) is 15.5. The quantitative estimate of drug-likeness (QED) is 0.569. The fraction of sp³-hybridized carbons (Fsp3) is 0.611.